The fourth-order valence-corrected chi connectivity index (χ4v) is 3.02. The number of anilines is 1. The number of hydrogen-bond donors (Lipinski definition) is 2. The first kappa shape index (κ1) is 15.3. The van der Waals surface area contributed by atoms with E-state index < -0.39 is 23.7 Å². The number of rotatable bonds is 3. The number of nitrogens with one attached hydrogen (secondary N) is 1. The molecule has 7 nitrogen and oxygen atoms in total. The van der Waals surface area contributed by atoms with Crippen LogP contribution in [0.4, 0.5) is 14.9 Å². The van der Waals surface area contributed by atoms with Crippen molar-refractivity contribution in [1.82, 2.24) is 10.2 Å². The van der Waals surface area contributed by atoms with Gasteiger partial charge in [0.15, 0.2) is 0 Å². The summed E-state index contributed by atoms with van der Waals surface area (Å²) in [7, 11) is 0. The van der Waals surface area contributed by atoms with Crippen molar-refractivity contribution in [1.29, 1.82) is 0 Å². The quantitative estimate of drug-likeness (QED) is 0.846. The molecule has 2 aliphatic rings. The van der Waals surface area contributed by atoms with Gasteiger partial charge >= 0.3 is 6.03 Å². The Morgan fingerprint density at radius 2 is 2.09 bits per heavy atom. The maximum Gasteiger partial charge on any atom is 0.321 e. The molecule has 0 saturated carbocycles. The number of nitrogens with zero attached hydrogens (tertiary/aromatic N) is 2. The van der Waals surface area contributed by atoms with E-state index in [1.807, 2.05) is 0 Å². The molecule has 23 heavy (non-hydrogen) atoms. The van der Waals surface area contributed by atoms with Gasteiger partial charge in [0.1, 0.15) is 11.9 Å². The molecule has 8 heteroatoms. The van der Waals surface area contributed by atoms with Crippen LogP contribution in [0.2, 0.25) is 0 Å². The van der Waals surface area contributed by atoms with Gasteiger partial charge in [-0.1, -0.05) is 0 Å². The van der Waals surface area contributed by atoms with Crippen LogP contribution in [0.15, 0.2) is 18.2 Å². The molecule has 122 valence electrons. The van der Waals surface area contributed by atoms with Crippen LogP contribution in [0, 0.1) is 5.82 Å². The Bertz CT molecular complexity index is 679. The molecule has 0 aliphatic carbocycles. The topological polar surface area (TPSA) is 95.7 Å². The zero-order valence-electron chi connectivity index (χ0n) is 12.4. The van der Waals surface area contributed by atoms with Crippen molar-refractivity contribution in [2.75, 3.05) is 24.5 Å². The number of urea groups is 1. The third-order valence-electron chi connectivity index (χ3n) is 4.19. The lowest BCUT2D eigenvalue weighted by Gasteiger charge is -2.23. The first-order chi connectivity index (χ1) is 11.0. The Hall–Kier alpha value is -2.64. The summed E-state index contributed by atoms with van der Waals surface area (Å²) in [6, 6.07) is 2.96. The van der Waals surface area contributed by atoms with Crippen LogP contribution in [-0.2, 0) is 4.79 Å². The number of benzene rings is 1. The summed E-state index contributed by atoms with van der Waals surface area (Å²) in [6.45, 7) is 1.31. The first-order valence-electron chi connectivity index (χ1n) is 7.44. The second-order valence-corrected chi connectivity index (χ2v) is 5.61. The molecule has 0 radical (unpaired) electrons. The minimum atomic E-state index is -0.708. The Morgan fingerprint density at radius 1 is 1.30 bits per heavy atom. The second kappa shape index (κ2) is 5.86. The molecule has 3 rings (SSSR count). The maximum atomic E-state index is 14.1. The average molecular weight is 320 g/mol. The van der Waals surface area contributed by atoms with Crippen LogP contribution >= 0.6 is 0 Å². The largest absolute Gasteiger partial charge is 0.368 e. The highest BCUT2D eigenvalue weighted by atomic mass is 19.1. The zero-order valence-corrected chi connectivity index (χ0v) is 12.4. The Kier molecular flexibility index (Phi) is 3.89. The van der Waals surface area contributed by atoms with E-state index in [1.165, 1.54) is 21.9 Å². The molecule has 0 spiro atoms. The van der Waals surface area contributed by atoms with Crippen molar-refractivity contribution in [3.05, 3.63) is 29.6 Å². The predicted octanol–water partition coefficient (Wildman–Crippen LogP) is 0.445. The van der Waals surface area contributed by atoms with Gasteiger partial charge in [-0.05, 0) is 31.0 Å². The summed E-state index contributed by atoms with van der Waals surface area (Å²) < 4.78 is 14.1. The molecule has 1 aromatic rings. The van der Waals surface area contributed by atoms with Crippen LogP contribution in [0.3, 0.4) is 0 Å². The lowest BCUT2D eigenvalue weighted by Crippen LogP contribution is -2.44. The Labute approximate surface area is 132 Å². The predicted molar refractivity (Wildman–Crippen MR) is 80.4 cm³/mol. The van der Waals surface area contributed by atoms with Gasteiger partial charge in [-0.15, -0.1) is 0 Å². The number of nitrogens with two attached hydrogens (primary N) is 1. The van der Waals surface area contributed by atoms with Gasteiger partial charge in [0, 0.05) is 25.3 Å². The van der Waals surface area contributed by atoms with Gasteiger partial charge in [0.2, 0.25) is 5.91 Å². The van der Waals surface area contributed by atoms with E-state index in [1.54, 1.807) is 0 Å². The van der Waals surface area contributed by atoms with Crippen LogP contribution in [-0.4, -0.2) is 48.4 Å². The summed E-state index contributed by atoms with van der Waals surface area (Å²) in [6.07, 6.45) is 1.13. The molecule has 1 atom stereocenters. The lowest BCUT2D eigenvalue weighted by molar-refractivity contribution is -0.121. The van der Waals surface area contributed by atoms with Crippen LogP contribution in [0.5, 0.6) is 0 Å². The molecule has 2 heterocycles. The number of primary amides is 1. The third-order valence-corrected chi connectivity index (χ3v) is 4.19. The number of hydrogen-bond acceptors (Lipinski definition) is 3. The maximum absolute atomic E-state index is 14.1. The fraction of sp³-hybridized carbons (Fsp3) is 0.400. The molecule has 2 fully saturated rings. The number of halogens is 1. The van der Waals surface area contributed by atoms with Crippen molar-refractivity contribution in [3.63, 3.8) is 0 Å². The smallest absolute Gasteiger partial charge is 0.321 e. The molecular formula is C15H17FN4O3. The normalized spacial score (nSPS) is 20.7. The van der Waals surface area contributed by atoms with E-state index in [-0.39, 0.29) is 11.6 Å². The minimum absolute atomic E-state index is 0.157. The monoisotopic (exact) mass is 320 g/mol. The SMILES string of the molecule is NC(=O)[C@@H]1CCCN1C(=O)c1cc(N2CCNC2=O)ccc1F. The van der Waals surface area contributed by atoms with E-state index in [9.17, 15) is 18.8 Å². The van der Waals surface area contributed by atoms with E-state index in [0.717, 1.165) is 6.07 Å². The van der Waals surface area contributed by atoms with E-state index in [2.05, 4.69) is 5.32 Å². The van der Waals surface area contributed by atoms with E-state index in [0.29, 0.717) is 38.2 Å². The summed E-state index contributed by atoms with van der Waals surface area (Å²) in [5.41, 5.74) is 5.59. The molecular weight excluding hydrogens is 303 g/mol. The van der Waals surface area contributed by atoms with Crippen LogP contribution < -0.4 is 16.0 Å². The molecule has 0 aromatic heterocycles. The van der Waals surface area contributed by atoms with Crippen LogP contribution in [0.1, 0.15) is 23.2 Å². The van der Waals surface area contributed by atoms with Gasteiger partial charge in [-0.3, -0.25) is 14.5 Å². The van der Waals surface area contributed by atoms with Crippen molar-refractivity contribution in [3.8, 4) is 0 Å². The lowest BCUT2D eigenvalue weighted by atomic mass is 10.1. The van der Waals surface area contributed by atoms with Gasteiger partial charge in [0.05, 0.1) is 5.56 Å². The highest BCUT2D eigenvalue weighted by Crippen LogP contribution is 2.25. The number of likely N-dealkylation sites (tertiary alicyclic amines) is 1. The zero-order chi connectivity index (χ0) is 16.6. The highest BCUT2D eigenvalue weighted by Gasteiger charge is 2.34. The average Bonchev–Trinajstić information content (AvgIpc) is 3.16. The molecule has 0 unspecified atom stereocenters. The number of amides is 4. The minimum Gasteiger partial charge on any atom is -0.368 e. The van der Waals surface area contributed by atoms with Gasteiger partial charge < -0.3 is 16.0 Å². The molecule has 0 bridgehead atoms. The third kappa shape index (κ3) is 2.71. The molecule has 4 amide bonds. The molecule has 2 saturated heterocycles. The van der Waals surface area contributed by atoms with Crippen molar-refractivity contribution in [2.24, 2.45) is 5.73 Å². The highest BCUT2D eigenvalue weighted by molar-refractivity contribution is 6.00. The first-order valence-corrected chi connectivity index (χ1v) is 7.44. The fourth-order valence-electron chi connectivity index (χ4n) is 3.02. The Morgan fingerprint density at radius 3 is 2.74 bits per heavy atom. The summed E-state index contributed by atoms with van der Waals surface area (Å²) in [4.78, 5) is 38.5. The van der Waals surface area contributed by atoms with Crippen molar-refractivity contribution < 1.29 is 18.8 Å². The van der Waals surface area contributed by atoms with E-state index >= 15 is 0 Å². The van der Waals surface area contributed by atoms with Gasteiger partial charge in [-0.25, -0.2) is 9.18 Å². The molecule has 1 aromatic carbocycles. The summed E-state index contributed by atoms with van der Waals surface area (Å²) in [5, 5.41) is 2.65. The van der Waals surface area contributed by atoms with Crippen LogP contribution in [0.25, 0.3) is 0 Å². The van der Waals surface area contributed by atoms with Crippen molar-refractivity contribution in [2.45, 2.75) is 18.9 Å². The number of carbonyl (C=O) groups excluding carboxylic acids is 3. The van der Waals surface area contributed by atoms with Gasteiger partial charge in [0.25, 0.3) is 5.91 Å². The second-order valence-electron chi connectivity index (χ2n) is 5.61. The van der Waals surface area contributed by atoms with Crippen molar-refractivity contribution >= 4 is 23.5 Å². The number of carbonyl (C=O) groups is 3. The molecule has 3 N–H and O–H groups in total. The Balaban J connectivity index is 1.91. The summed E-state index contributed by atoms with van der Waals surface area (Å²) >= 11 is 0. The standard InChI is InChI=1S/C15H17FN4O3/c16-11-4-3-9(19-7-5-18-15(19)23)8-10(11)14(22)20-6-1-2-12(20)13(17)21/h3-4,8,12H,1-2,5-7H2,(H2,17,21)(H,18,23)/t12-/m0/s1. The molecule has 2 aliphatic heterocycles. The van der Waals surface area contributed by atoms with E-state index in [4.69, 9.17) is 5.73 Å². The summed E-state index contributed by atoms with van der Waals surface area (Å²) in [5.74, 6) is -1.86. The van der Waals surface area contributed by atoms with Gasteiger partial charge in [-0.2, -0.15) is 0 Å².